The van der Waals surface area contributed by atoms with Crippen LogP contribution >= 0.6 is 0 Å². The van der Waals surface area contributed by atoms with Crippen molar-refractivity contribution in [1.82, 2.24) is 20.5 Å². The van der Waals surface area contributed by atoms with Crippen LogP contribution in [0, 0.1) is 0 Å². The van der Waals surface area contributed by atoms with E-state index in [2.05, 4.69) is 15.6 Å². The molecule has 4 unspecified atom stereocenters. The molecule has 1 aliphatic rings. The summed E-state index contributed by atoms with van der Waals surface area (Å²) in [6, 6.07) is 3.24. The molecule has 3 amide bonds. The summed E-state index contributed by atoms with van der Waals surface area (Å²) in [6.45, 7) is 1.04. The minimum atomic E-state index is -1.24. The van der Waals surface area contributed by atoms with Gasteiger partial charge >= 0.3 is 5.97 Å². The summed E-state index contributed by atoms with van der Waals surface area (Å²) >= 11 is 0. The van der Waals surface area contributed by atoms with Gasteiger partial charge in [0.05, 0.1) is 12.6 Å². The van der Waals surface area contributed by atoms with Gasteiger partial charge in [-0.05, 0) is 31.4 Å². The third kappa shape index (κ3) is 5.49. The van der Waals surface area contributed by atoms with Crippen LogP contribution in [0.15, 0.2) is 30.5 Å². The molecule has 1 aromatic heterocycles. The molecule has 1 fully saturated rings. The van der Waals surface area contributed by atoms with E-state index < -0.39 is 54.5 Å². The van der Waals surface area contributed by atoms with E-state index in [1.54, 1.807) is 6.20 Å². The third-order valence-corrected chi connectivity index (χ3v) is 5.76. The second-order valence-corrected chi connectivity index (χ2v) is 8.19. The van der Waals surface area contributed by atoms with Crippen molar-refractivity contribution in [2.75, 3.05) is 13.2 Å². The van der Waals surface area contributed by atoms with Crippen LogP contribution in [0.3, 0.4) is 0 Å². The number of carbonyl (C=O) groups is 4. The Bertz CT molecular complexity index is 1040. The monoisotopic (exact) mass is 459 g/mol. The Hall–Kier alpha value is -3.44. The number of hydrogen-bond donors (Lipinski definition) is 6. The van der Waals surface area contributed by atoms with Crippen LogP contribution in [0.1, 0.15) is 25.3 Å². The lowest BCUT2D eigenvalue weighted by Crippen LogP contribution is -2.57. The van der Waals surface area contributed by atoms with Gasteiger partial charge in [-0.15, -0.1) is 0 Å². The van der Waals surface area contributed by atoms with Gasteiger partial charge in [0, 0.05) is 30.1 Å². The SMILES string of the molecule is CC(N)C(=O)NC(CO)C(=O)N1CCCC1C(=O)NC(Cc1c[nH]c2ccccc12)C(=O)O. The Morgan fingerprint density at radius 2 is 1.94 bits per heavy atom. The summed E-state index contributed by atoms with van der Waals surface area (Å²) in [7, 11) is 0. The van der Waals surface area contributed by atoms with Crippen molar-refractivity contribution >= 4 is 34.6 Å². The van der Waals surface area contributed by atoms with Gasteiger partial charge in [0.2, 0.25) is 17.7 Å². The average Bonchev–Trinajstić information content (AvgIpc) is 3.43. The number of carboxylic acid groups (broad SMARTS) is 1. The van der Waals surface area contributed by atoms with Crippen molar-refractivity contribution in [3.8, 4) is 0 Å². The quantitative estimate of drug-likeness (QED) is 0.281. The van der Waals surface area contributed by atoms with Crippen LogP contribution in [0.25, 0.3) is 10.9 Å². The first-order valence-corrected chi connectivity index (χ1v) is 10.8. The fraction of sp³-hybridized carbons (Fsp3) is 0.455. The standard InChI is InChI=1S/C22H29N5O6/c1-12(23)19(29)26-17(11-28)21(31)27-8-4-7-18(27)20(30)25-16(22(32)33)9-13-10-24-15-6-3-2-5-14(13)15/h2-3,5-6,10,12,16-18,24,28H,4,7-9,11,23H2,1H3,(H,25,30)(H,26,29)(H,32,33). The molecule has 0 aliphatic carbocycles. The number of rotatable bonds is 9. The molecule has 0 bridgehead atoms. The van der Waals surface area contributed by atoms with E-state index in [1.165, 1.54) is 11.8 Å². The molecule has 0 radical (unpaired) electrons. The van der Waals surface area contributed by atoms with Gasteiger partial charge in [-0.2, -0.15) is 0 Å². The summed E-state index contributed by atoms with van der Waals surface area (Å²) < 4.78 is 0. The summed E-state index contributed by atoms with van der Waals surface area (Å²) in [6.07, 6.45) is 2.65. The normalized spacial score (nSPS) is 18.5. The second-order valence-electron chi connectivity index (χ2n) is 8.19. The van der Waals surface area contributed by atoms with Crippen LogP contribution < -0.4 is 16.4 Å². The van der Waals surface area contributed by atoms with Crippen LogP contribution in [-0.4, -0.2) is 81.1 Å². The van der Waals surface area contributed by atoms with Gasteiger partial charge in [-0.3, -0.25) is 14.4 Å². The predicted molar refractivity (Wildman–Crippen MR) is 119 cm³/mol. The number of hydrogen-bond acceptors (Lipinski definition) is 6. The average molecular weight is 460 g/mol. The van der Waals surface area contributed by atoms with Gasteiger partial charge < -0.3 is 36.5 Å². The highest BCUT2D eigenvalue weighted by molar-refractivity contribution is 5.94. The van der Waals surface area contributed by atoms with E-state index in [4.69, 9.17) is 5.73 Å². The molecule has 11 heteroatoms. The molecule has 4 atom stereocenters. The minimum Gasteiger partial charge on any atom is -0.480 e. The minimum absolute atomic E-state index is 0.0649. The first kappa shape index (κ1) is 24.2. The molecular formula is C22H29N5O6. The number of H-pyrrole nitrogens is 1. The van der Waals surface area contributed by atoms with Crippen molar-refractivity contribution in [1.29, 1.82) is 0 Å². The molecule has 0 spiro atoms. The number of nitrogens with two attached hydrogens (primary N) is 1. The molecule has 2 aromatic rings. The second kappa shape index (κ2) is 10.5. The van der Waals surface area contributed by atoms with Gasteiger partial charge in [-0.25, -0.2) is 4.79 Å². The van der Waals surface area contributed by atoms with E-state index in [0.29, 0.717) is 12.8 Å². The van der Waals surface area contributed by atoms with Crippen molar-refractivity contribution < 1.29 is 29.4 Å². The van der Waals surface area contributed by atoms with Gasteiger partial charge in [0.15, 0.2) is 0 Å². The molecule has 11 nitrogen and oxygen atoms in total. The molecule has 1 aliphatic heterocycles. The zero-order valence-corrected chi connectivity index (χ0v) is 18.3. The molecule has 2 heterocycles. The molecule has 1 aromatic carbocycles. The number of carboxylic acids is 1. The van der Waals surface area contributed by atoms with E-state index in [0.717, 1.165) is 16.5 Å². The molecule has 7 N–H and O–H groups in total. The van der Waals surface area contributed by atoms with Crippen LogP contribution in [-0.2, 0) is 25.6 Å². The number of para-hydroxylation sites is 1. The first-order valence-electron chi connectivity index (χ1n) is 10.8. The van der Waals surface area contributed by atoms with Crippen LogP contribution in [0.5, 0.6) is 0 Å². The molecule has 3 rings (SSSR count). The zero-order chi connectivity index (χ0) is 24.1. The Labute approximate surface area is 190 Å². The maximum absolute atomic E-state index is 13.0. The lowest BCUT2D eigenvalue weighted by atomic mass is 10.0. The van der Waals surface area contributed by atoms with E-state index >= 15 is 0 Å². The molecule has 0 saturated carbocycles. The van der Waals surface area contributed by atoms with Gasteiger partial charge in [0.25, 0.3) is 0 Å². The first-order chi connectivity index (χ1) is 15.7. The van der Waals surface area contributed by atoms with Gasteiger partial charge in [0.1, 0.15) is 18.1 Å². The fourth-order valence-corrected chi connectivity index (χ4v) is 3.98. The number of aliphatic hydroxyl groups excluding tert-OH is 1. The number of nitrogens with zero attached hydrogens (tertiary/aromatic N) is 1. The summed E-state index contributed by atoms with van der Waals surface area (Å²) in [5.41, 5.74) is 7.11. The van der Waals surface area contributed by atoms with Crippen molar-refractivity contribution in [3.05, 3.63) is 36.0 Å². The lowest BCUT2D eigenvalue weighted by molar-refractivity contribution is -0.145. The molecular weight excluding hydrogens is 430 g/mol. The Morgan fingerprint density at radius 3 is 2.61 bits per heavy atom. The topological polar surface area (TPSA) is 178 Å². The number of amides is 3. The summed E-state index contributed by atoms with van der Waals surface area (Å²) in [5, 5.41) is 25.1. The van der Waals surface area contributed by atoms with Gasteiger partial charge in [-0.1, -0.05) is 18.2 Å². The number of aliphatic carboxylic acids is 1. The molecule has 33 heavy (non-hydrogen) atoms. The Kier molecular flexibility index (Phi) is 7.67. The van der Waals surface area contributed by atoms with Crippen LogP contribution in [0.2, 0.25) is 0 Å². The number of benzene rings is 1. The highest BCUT2D eigenvalue weighted by Gasteiger charge is 2.39. The number of fused-ring (bicyclic) bond motifs is 1. The Morgan fingerprint density at radius 1 is 1.21 bits per heavy atom. The highest BCUT2D eigenvalue weighted by Crippen LogP contribution is 2.21. The zero-order valence-electron chi connectivity index (χ0n) is 18.3. The van der Waals surface area contributed by atoms with E-state index in [9.17, 15) is 29.4 Å². The number of nitrogens with one attached hydrogen (secondary N) is 3. The van der Waals surface area contributed by atoms with Crippen molar-refractivity contribution in [2.45, 2.75) is 50.4 Å². The van der Waals surface area contributed by atoms with E-state index in [1.807, 2.05) is 24.3 Å². The largest absolute Gasteiger partial charge is 0.480 e. The maximum Gasteiger partial charge on any atom is 0.326 e. The number of aliphatic hydroxyl groups is 1. The number of aromatic nitrogens is 1. The fourth-order valence-electron chi connectivity index (χ4n) is 3.98. The maximum atomic E-state index is 13.0. The summed E-state index contributed by atoms with van der Waals surface area (Å²) in [5.74, 6) is -3.01. The van der Waals surface area contributed by atoms with Crippen molar-refractivity contribution in [2.24, 2.45) is 5.73 Å². The predicted octanol–water partition coefficient (Wildman–Crippen LogP) is -0.905. The molecule has 178 valence electrons. The lowest BCUT2D eigenvalue weighted by Gasteiger charge is -2.29. The highest BCUT2D eigenvalue weighted by atomic mass is 16.4. The van der Waals surface area contributed by atoms with E-state index in [-0.39, 0.29) is 13.0 Å². The third-order valence-electron chi connectivity index (χ3n) is 5.76. The number of likely N-dealkylation sites (tertiary alicyclic amines) is 1. The summed E-state index contributed by atoms with van der Waals surface area (Å²) in [4.78, 5) is 53.9. The number of aromatic amines is 1. The Balaban J connectivity index is 1.70. The van der Waals surface area contributed by atoms with Crippen LogP contribution in [0.4, 0.5) is 0 Å². The smallest absolute Gasteiger partial charge is 0.326 e. The van der Waals surface area contributed by atoms with Crippen molar-refractivity contribution in [3.63, 3.8) is 0 Å². The molecule has 1 saturated heterocycles. The number of carbonyl (C=O) groups excluding carboxylic acids is 3.